The van der Waals surface area contributed by atoms with Gasteiger partial charge in [-0.1, -0.05) is 0 Å². The van der Waals surface area contributed by atoms with Gasteiger partial charge in [0, 0.05) is 0 Å². The number of aliphatic hydroxyl groups is 1. The van der Waals surface area contributed by atoms with Crippen LogP contribution in [0.15, 0.2) is 11.6 Å². The van der Waals surface area contributed by atoms with Gasteiger partial charge < -0.3 is 21.5 Å². The van der Waals surface area contributed by atoms with Gasteiger partial charge >= 0.3 is 0 Å². The quantitative estimate of drug-likeness (QED) is 0.341. The highest BCUT2D eigenvalue weighted by molar-refractivity contribution is 5.92. The van der Waals surface area contributed by atoms with Crippen LogP contribution in [-0.4, -0.2) is 17.7 Å². The maximum Gasteiger partial charge on any atom is 0.270 e. The van der Waals surface area contributed by atoms with Gasteiger partial charge in [-0.05, 0) is 0 Å². The van der Waals surface area contributed by atoms with E-state index in [1.165, 1.54) is 0 Å². The number of hydrogen-bond acceptors (Lipinski definition) is 4. The number of aliphatic hydroxyl groups excluding tert-OH is 1. The lowest BCUT2D eigenvalue weighted by atomic mass is 10.4. The Balaban J connectivity index is 2.78. The second-order valence-corrected chi connectivity index (χ2v) is 1.62. The Kier molecular flexibility index (Phi) is 1.18. The van der Waals surface area contributed by atoms with Gasteiger partial charge in [0.25, 0.3) is 5.91 Å². The van der Waals surface area contributed by atoms with Crippen molar-refractivity contribution in [1.82, 2.24) is 10.6 Å². The summed E-state index contributed by atoms with van der Waals surface area (Å²) in [6.45, 7) is 0.351. The lowest BCUT2D eigenvalue weighted by Crippen LogP contribution is -2.23. The van der Waals surface area contributed by atoms with E-state index >= 15 is 0 Å². The standard InChI is InChI=1S/C4H7N3O2/c5-3(8)2-4(9)7-1-6-2/h6-7,9H,1H2,(H2,5,8). The summed E-state index contributed by atoms with van der Waals surface area (Å²) < 4.78 is 0. The summed E-state index contributed by atoms with van der Waals surface area (Å²) in [4.78, 5) is 10.3. The SMILES string of the molecule is NC(=O)C1=C(O)NCN1. The zero-order chi connectivity index (χ0) is 6.85. The molecular formula is C4H7N3O2. The lowest BCUT2D eigenvalue weighted by molar-refractivity contribution is -0.115. The van der Waals surface area contributed by atoms with Crippen LogP contribution < -0.4 is 16.4 Å². The van der Waals surface area contributed by atoms with Crippen molar-refractivity contribution in [2.24, 2.45) is 5.73 Å². The number of hydrogen-bond donors (Lipinski definition) is 4. The summed E-state index contributed by atoms with van der Waals surface area (Å²) >= 11 is 0. The summed E-state index contributed by atoms with van der Waals surface area (Å²) in [5.74, 6) is -0.833. The third-order valence-corrected chi connectivity index (χ3v) is 1.00. The molecule has 5 nitrogen and oxygen atoms in total. The number of rotatable bonds is 1. The third kappa shape index (κ3) is 0.883. The van der Waals surface area contributed by atoms with Gasteiger partial charge in [0.1, 0.15) is 0 Å². The molecule has 5 heteroatoms. The van der Waals surface area contributed by atoms with E-state index in [1.807, 2.05) is 0 Å². The molecule has 5 N–H and O–H groups in total. The second kappa shape index (κ2) is 1.85. The molecule has 0 aromatic rings. The molecule has 0 saturated heterocycles. The molecule has 1 rings (SSSR count). The summed E-state index contributed by atoms with van der Waals surface area (Å²) in [6.07, 6.45) is 0. The highest BCUT2D eigenvalue weighted by Crippen LogP contribution is 1.96. The molecule has 50 valence electrons. The van der Waals surface area contributed by atoms with Crippen molar-refractivity contribution in [3.05, 3.63) is 11.6 Å². The van der Waals surface area contributed by atoms with Crippen LogP contribution >= 0.6 is 0 Å². The topological polar surface area (TPSA) is 87.4 Å². The molecule has 0 radical (unpaired) electrons. The van der Waals surface area contributed by atoms with Crippen molar-refractivity contribution in [2.45, 2.75) is 0 Å². The van der Waals surface area contributed by atoms with Crippen LogP contribution in [0.1, 0.15) is 0 Å². The molecule has 0 aromatic carbocycles. The number of nitrogens with two attached hydrogens (primary N) is 1. The van der Waals surface area contributed by atoms with Crippen molar-refractivity contribution in [1.29, 1.82) is 0 Å². The van der Waals surface area contributed by atoms with Gasteiger partial charge in [-0.2, -0.15) is 0 Å². The molecule has 0 atom stereocenters. The molecule has 1 heterocycles. The van der Waals surface area contributed by atoms with Crippen LogP contribution in [-0.2, 0) is 4.79 Å². The Morgan fingerprint density at radius 1 is 1.67 bits per heavy atom. The molecule has 0 unspecified atom stereocenters. The van der Waals surface area contributed by atoms with E-state index in [1.54, 1.807) is 0 Å². The van der Waals surface area contributed by atoms with E-state index in [0.29, 0.717) is 6.67 Å². The number of amides is 1. The second-order valence-electron chi connectivity index (χ2n) is 1.62. The molecule has 0 spiro atoms. The van der Waals surface area contributed by atoms with Crippen molar-refractivity contribution < 1.29 is 9.90 Å². The Labute approximate surface area is 51.5 Å². The molecule has 0 fully saturated rings. The Hall–Kier alpha value is -1.39. The normalized spacial score (nSPS) is 16.9. The van der Waals surface area contributed by atoms with Crippen molar-refractivity contribution in [3.8, 4) is 0 Å². The Morgan fingerprint density at radius 2 is 2.33 bits per heavy atom. The fourth-order valence-electron chi connectivity index (χ4n) is 0.592. The van der Waals surface area contributed by atoms with E-state index in [9.17, 15) is 4.79 Å². The summed E-state index contributed by atoms with van der Waals surface area (Å²) in [5.41, 5.74) is 4.88. The Bertz CT molecular complexity index is 175. The monoisotopic (exact) mass is 129 g/mol. The molecule has 0 aromatic heterocycles. The molecule has 1 aliphatic heterocycles. The van der Waals surface area contributed by atoms with E-state index in [2.05, 4.69) is 10.6 Å². The highest BCUT2D eigenvalue weighted by Gasteiger charge is 2.15. The fraction of sp³-hybridized carbons (Fsp3) is 0.250. The molecular weight excluding hydrogens is 122 g/mol. The molecule has 0 saturated carbocycles. The maximum absolute atomic E-state index is 10.3. The maximum atomic E-state index is 10.3. The molecule has 1 aliphatic rings. The first-order valence-corrected chi connectivity index (χ1v) is 2.42. The lowest BCUT2D eigenvalue weighted by Gasteiger charge is -1.92. The van der Waals surface area contributed by atoms with Gasteiger partial charge in [-0.15, -0.1) is 0 Å². The predicted octanol–water partition coefficient (Wildman–Crippen LogP) is -1.65. The highest BCUT2D eigenvalue weighted by atomic mass is 16.3. The molecule has 0 bridgehead atoms. The van der Waals surface area contributed by atoms with Gasteiger partial charge in [-0.25, -0.2) is 0 Å². The largest absolute Gasteiger partial charge is 0.493 e. The van der Waals surface area contributed by atoms with Gasteiger partial charge in [0.15, 0.2) is 5.70 Å². The number of primary amides is 1. The van der Waals surface area contributed by atoms with Crippen molar-refractivity contribution in [2.75, 3.05) is 6.67 Å². The van der Waals surface area contributed by atoms with Gasteiger partial charge in [-0.3, -0.25) is 4.79 Å². The summed E-state index contributed by atoms with van der Waals surface area (Å²) in [7, 11) is 0. The zero-order valence-corrected chi connectivity index (χ0v) is 4.64. The van der Waals surface area contributed by atoms with Crippen LogP contribution in [0, 0.1) is 0 Å². The average molecular weight is 129 g/mol. The van der Waals surface area contributed by atoms with Crippen LogP contribution in [0.5, 0.6) is 0 Å². The third-order valence-electron chi connectivity index (χ3n) is 1.00. The molecule has 1 amide bonds. The predicted molar refractivity (Wildman–Crippen MR) is 30.0 cm³/mol. The van der Waals surface area contributed by atoms with Crippen molar-refractivity contribution in [3.63, 3.8) is 0 Å². The van der Waals surface area contributed by atoms with Crippen LogP contribution in [0.4, 0.5) is 0 Å². The van der Waals surface area contributed by atoms with Gasteiger partial charge in [0.2, 0.25) is 5.88 Å². The first kappa shape index (κ1) is 5.74. The minimum absolute atomic E-state index is 0.0509. The van der Waals surface area contributed by atoms with Gasteiger partial charge in [0.05, 0.1) is 6.67 Å². The zero-order valence-electron chi connectivity index (χ0n) is 4.64. The summed E-state index contributed by atoms with van der Waals surface area (Å²) in [6, 6.07) is 0. The molecule has 0 aliphatic carbocycles. The average Bonchev–Trinajstić information content (AvgIpc) is 2.13. The van der Waals surface area contributed by atoms with E-state index in [0.717, 1.165) is 0 Å². The fourth-order valence-corrected chi connectivity index (χ4v) is 0.592. The van der Waals surface area contributed by atoms with Crippen LogP contribution in [0.2, 0.25) is 0 Å². The number of nitrogens with one attached hydrogen (secondary N) is 2. The van der Waals surface area contributed by atoms with E-state index in [4.69, 9.17) is 10.8 Å². The smallest absolute Gasteiger partial charge is 0.270 e. The van der Waals surface area contributed by atoms with E-state index < -0.39 is 5.91 Å². The first-order valence-electron chi connectivity index (χ1n) is 2.42. The van der Waals surface area contributed by atoms with E-state index in [-0.39, 0.29) is 11.6 Å². The number of carbonyl (C=O) groups is 1. The van der Waals surface area contributed by atoms with Crippen LogP contribution in [0.3, 0.4) is 0 Å². The number of carbonyl (C=O) groups excluding carboxylic acids is 1. The summed E-state index contributed by atoms with van der Waals surface area (Å²) in [5, 5.41) is 13.8. The Morgan fingerprint density at radius 3 is 2.56 bits per heavy atom. The van der Waals surface area contributed by atoms with Crippen molar-refractivity contribution >= 4 is 5.91 Å². The minimum atomic E-state index is -0.655. The minimum Gasteiger partial charge on any atom is -0.493 e. The molecule has 9 heavy (non-hydrogen) atoms. The van der Waals surface area contributed by atoms with Crippen LogP contribution in [0.25, 0.3) is 0 Å². The first-order chi connectivity index (χ1) is 4.22.